The molecule has 6 rings (SSSR count). The van der Waals surface area contributed by atoms with Crippen molar-refractivity contribution in [3.63, 3.8) is 0 Å². The number of benzene rings is 2. The molecule has 10 nitrogen and oxygen atoms in total. The van der Waals surface area contributed by atoms with Gasteiger partial charge in [0.2, 0.25) is 0 Å². The lowest BCUT2D eigenvalue weighted by Crippen LogP contribution is -2.58. The van der Waals surface area contributed by atoms with E-state index >= 15 is 0 Å². The molecule has 2 atom stereocenters. The number of likely N-dealkylation sites (tertiary alicyclic amines) is 1. The SMILES string of the molecule is CC(C)c1csc(C(=O)N2CC[C@@H]3Oc4cc(F)cc(c4)CNC(=O)COc4cccc(c4)-c4cncc(c4)C(=O)N[C@@H]3C2)n1. The number of amides is 3. The minimum absolute atomic E-state index is 0.0626. The molecule has 6 bridgehead atoms. The highest BCUT2D eigenvalue weighted by Gasteiger charge is 2.35. The summed E-state index contributed by atoms with van der Waals surface area (Å²) in [7, 11) is 0. The number of thiazole rings is 1. The number of nitrogens with one attached hydrogen (secondary N) is 2. The lowest BCUT2D eigenvalue weighted by Gasteiger charge is -2.38. The van der Waals surface area contributed by atoms with Crippen LogP contribution in [0, 0.1) is 5.82 Å². The lowest BCUT2D eigenvalue weighted by molar-refractivity contribution is -0.123. The lowest BCUT2D eigenvalue weighted by atomic mass is 10.0. The van der Waals surface area contributed by atoms with E-state index in [0.29, 0.717) is 40.4 Å². The van der Waals surface area contributed by atoms with Gasteiger partial charge in [-0.25, -0.2) is 9.37 Å². The van der Waals surface area contributed by atoms with Crippen molar-refractivity contribution in [1.29, 1.82) is 0 Å². The second-order valence-corrected chi connectivity index (χ2v) is 12.2. The molecule has 0 aliphatic carbocycles. The van der Waals surface area contributed by atoms with Gasteiger partial charge in [0.25, 0.3) is 17.7 Å². The van der Waals surface area contributed by atoms with E-state index in [-0.39, 0.29) is 43.2 Å². The summed E-state index contributed by atoms with van der Waals surface area (Å²) < 4.78 is 26.6. The van der Waals surface area contributed by atoms with Crippen molar-refractivity contribution < 1.29 is 28.2 Å². The van der Waals surface area contributed by atoms with E-state index in [1.54, 1.807) is 41.4 Å². The van der Waals surface area contributed by atoms with Crippen molar-refractivity contribution in [3.05, 3.63) is 94.0 Å². The average molecular weight is 630 g/mol. The molecule has 4 heterocycles. The Labute approximate surface area is 263 Å². The topological polar surface area (TPSA) is 123 Å². The Morgan fingerprint density at radius 2 is 1.91 bits per heavy atom. The van der Waals surface area contributed by atoms with E-state index in [4.69, 9.17) is 9.47 Å². The highest BCUT2D eigenvalue weighted by Crippen LogP contribution is 2.27. The van der Waals surface area contributed by atoms with Gasteiger partial charge in [0.1, 0.15) is 23.4 Å². The summed E-state index contributed by atoms with van der Waals surface area (Å²) in [6.07, 6.45) is 2.91. The summed E-state index contributed by atoms with van der Waals surface area (Å²) in [5.74, 6) is -0.613. The number of hydrogen-bond donors (Lipinski definition) is 2. The van der Waals surface area contributed by atoms with Gasteiger partial charge in [0.05, 0.1) is 17.3 Å². The predicted molar refractivity (Wildman–Crippen MR) is 166 cm³/mol. The maximum Gasteiger partial charge on any atom is 0.282 e. The first-order chi connectivity index (χ1) is 21.7. The normalized spacial score (nSPS) is 18.7. The number of nitrogens with zero attached hydrogens (tertiary/aromatic N) is 3. The third-order valence-corrected chi connectivity index (χ3v) is 8.54. The largest absolute Gasteiger partial charge is 0.488 e. The van der Waals surface area contributed by atoms with Crippen LogP contribution in [-0.2, 0) is 11.3 Å². The number of hydrogen-bond acceptors (Lipinski definition) is 8. The molecular formula is C33H32FN5O5S. The molecule has 0 radical (unpaired) electrons. The van der Waals surface area contributed by atoms with Gasteiger partial charge < -0.3 is 25.0 Å². The summed E-state index contributed by atoms with van der Waals surface area (Å²) in [6.45, 7) is 4.39. The summed E-state index contributed by atoms with van der Waals surface area (Å²) in [6, 6.07) is 12.4. The summed E-state index contributed by atoms with van der Waals surface area (Å²) >= 11 is 1.30. The van der Waals surface area contributed by atoms with Crippen molar-refractivity contribution >= 4 is 29.1 Å². The second-order valence-electron chi connectivity index (χ2n) is 11.4. The molecule has 2 aliphatic heterocycles. The van der Waals surface area contributed by atoms with E-state index in [9.17, 15) is 18.8 Å². The molecule has 4 aromatic rings. The summed E-state index contributed by atoms with van der Waals surface area (Å²) in [4.78, 5) is 50.1. The van der Waals surface area contributed by atoms with Gasteiger partial charge in [-0.3, -0.25) is 19.4 Å². The number of piperidine rings is 1. The minimum Gasteiger partial charge on any atom is -0.488 e. The number of carbonyl (C=O) groups excluding carboxylic acids is 3. The smallest absolute Gasteiger partial charge is 0.282 e. The van der Waals surface area contributed by atoms with Crippen LogP contribution in [0.15, 0.2) is 66.3 Å². The maximum absolute atomic E-state index is 14.7. The van der Waals surface area contributed by atoms with Gasteiger partial charge in [-0.2, -0.15) is 0 Å². The molecular weight excluding hydrogens is 597 g/mol. The Hall–Kier alpha value is -4.84. The average Bonchev–Trinajstić information content (AvgIpc) is 3.54. The number of rotatable bonds is 2. The molecule has 232 valence electrons. The van der Waals surface area contributed by atoms with Gasteiger partial charge in [-0.05, 0) is 47.4 Å². The molecule has 2 N–H and O–H groups in total. The predicted octanol–water partition coefficient (Wildman–Crippen LogP) is 4.57. The van der Waals surface area contributed by atoms with Crippen LogP contribution >= 0.6 is 11.3 Å². The highest BCUT2D eigenvalue weighted by molar-refractivity contribution is 7.11. The first kappa shape index (κ1) is 30.2. The third kappa shape index (κ3) is 7.12. The Kier molecular flexibility index (Phi) is 8.74. The number of ether oxygens (including phenoxy) is 2. The first-order valence-corrected chi connectivity index (χ1v) is 15.6. The Morgan fingerprint density at radius 3 is 2.73 bits per heavy atom. The molecule has 0 spiro atoms. The third-order valence-electron chi connectivity index (χ3n) is 7.70. The molecule has 0 unspecified atom stereocenters. The fraction of sp³-hybridized carbons (Fsp3) is 0.303. The fourth-order valence-electron chi connectivity index (χ4n) is 5.28. The van der Waals surface area contributed by atoms with Crippen LogP contribution < -0.4 is 20.1 Å². The van der Waals surface area contributed by atoms with Gasteiger partial charge in [-0.1, -0.05) is 26.0 Å². The quantitative estimate of drug-likeness (QED) is 0.333. The Morgan fingerprint density at radius 1 is 1.07 bits per heavy atom. The van der Waals surface area contributed by atoms with E-state index in [1.165, 1.54) is 29.7 Å². The van der Waals surface area contributed by atoms with E-state index in [2.05, 4.69) is 20.6 Å². The van der Waals surface area contributed by atoms with Crippen molar-refractivity contribution in [3.8, 4) is 22.6 Å². The zero-order valence-corrected chi connectivity index (χ0v) is 25.6. The van der Waals surface area contributed by atoms with Crippen LogP contribution in [0.1, 0.15) is 57.6 Å². The van der Waals surface area contributed by atoms with Crippen LogP contribution in [0.4, 0.5) is 4.39 Å². The first-order valence-electron chi connectivity index (χ1n) is 14.7. The molecule has 2 aromatic carbocycles. The zero-order valence-electron chi connectivity index (χ0n) is 24.8. The number of halogens is 1. The molecule has 2 aromatic heterocycles. The van der Waals surface area contributed by atoms with Crippen molar-refractivity contribution in [1.82, 2.24) is 25.5 Å². The van der Waals surface area contributed by atoms with Gasteiger partial charge in [0, 0.05) is 55.5 Å². The Balaban J connectivity index is 1.32. The van der Waals surface area contributed by atoms with Crippen LogP contribution in [0.3, 0.4) is 0 Å². The number of aromatic nitrogens is 2. The van der Waals surface area contributed by atoms with Crippen molar-refractivity contribution in [2.24, 2.45) is 0 Å². The number of carbonyl (C=O) groups is 3. The Bertz CT molecular complexity index is 1740. The zero-order chi connectivity index (χ0) is 31.5. The molecule has 12 heteroatoms. The van der Waals surface area contributed by atoms with Crippen LogP contribution in [0.25, 0.3) is 11.1 Å². The minimum atomic E-state index is -0.631. The molecule has 2 aliphatic rings. The van der Waals surface area contributed by atoms with E-state index in [1.807, 2.05) is 25.3 Å². The van der Waals surface area contributed by atoms with Gasteiger partial charge >= 0.3 is 0 Å². The standard InChI is InChI=1S/C33H32FN5O5S/c1-19(2)28-18-45-32(38-28)33(42)39-7-6-29-27(16-39)37-31(41)23-10-22(14-35-15-23)21-4-3-5-25(11-21)43-17-30(40)36-13-20-8-24(34)12-26(9-20)44-29/h3-5,8-12,14-15,18-19,27,29H,6-7,13,16-17H2,1-2H3,(H,36,40)(H,37,41)/t27-,29+/m1/s1. The highest BCUT2D eigenvalue weighted by atomic mass is 32.1. The van der Waals surface area contributed by atoms with Gasteiger partial charge in [0.15, 0.2) is 11.6 Å². The molecule has 3 amide bonds. The number of fused-ring (bicyclic) bond motifs is 8. The second kappa shape index (κ2) is 13.0. The van der Waals surface area contributed by atoms with Crippen LogP contribution in [-0.4, -0.2) is 64.4 Å². The van der Waals surface area contributed by atoms with E-state index in [0.717, 1.165) is 11.3 Å². The number of pyridine rings is 1. The van der Waals surface area contributed by atoms with Crippen molar-refractivity contribution in [2.45, 2.75) is 44.9 Å². The molecule has 1 saturated heterocycles. The molecule has 45 heavy (non-hydrogen) atoms. The summed E-state index contributed by atoms with van der Waals surface area (Å²) in [5.41, 5.74) is 3.09. The van der Waals surface area contributed by atoms with Crippen molar-refractivity contribution in [2.75, 3.05) is 19.7 Å². The summed E-state index contributed by atoms with van der Waals surface area (Å²) in [5, 5.41) is 8.07. The monoisotopic (exact) mass is 629 g/mol. The van der Waals surface area contributed by atoms with Gasteiger partial charge in [-0.15, -0.1) is 11.3 Å². The van der Waals surface area contributed by atoms with Crippen LogP contribution in [0.5, 0.6) is 11.5 Å². The maximum atomic E-state index is 14.7. The fourth-order valence-corrected chi connectivity index (χ4v) is 6.23. The molecule has 1 fully saturated rings. The van der Waals surface area contributed by atoms with E-state index < -0.39 is 23.9 Å². The van der Waals surface area contributed by atoms with Crippen LogP contribution in [0.2, 0.25) is 0 Å². The molecule has 0 saturated carbocycles.